The van der Waals surface area contributed by atoms with Crippen molar-refractivity contribution in [2.45, 2.75) is 18.4 Å². The van der Waals surface area contributed by atoms with Crippen LogP contribution in [0.1, 0.15) is 11.3 Å². The van der Waals surface area contributed by atoms with Crippen LogP contribution in [-0.2, 0) is 11.3 Å². The number of aryl methyl sites for hydroxylation is 1. The Balaban J connectivity index is 1.55. The molecule has 1 aromatic heterocycles. The van der Waals surface area contributed by atoms with Crippen LogP contribution in [-0.4, -0.2) is 11.5 Å². The van der Waals surface area contributed by atoms with Gasteiger partial charge in [-0.05, 0) is 30.7 Å². The van der Waals surface area contributed by atoms with E-state index in [1.807, 2.05) is 31.2 Å². The van der Waals surface area contributed by atoms with Gasteiger partial charge < -0.3 is 9.64 Å². The molecule has 1 aliphatic rings. The van der Waals surface area contributed by atoms with E-state index in [2.05, 4.69) is 63.9 Å². The van der Waals surface area contributed by atoms with Crippen LogP contribution in [0.15, 0.2) is 93.9 Å². The number of ether oxygens (including phenoxy) is 1. The Morgan fingerprint density at radius 2 is 1.81 bits per heavy atom. The summed E-state index contributed by atoms with van der Waals surface area (Å²) in [6.07, 6.45) is 4.19. The Morgan fingerprint density at radius 1 is 1.07 bits per heavy atom. The standard InChI is InChI=1S/C22H20N2OS2/c1-17-16-26-22(23-17)24-13-19(25-15-18-8-4-2-5-9-18)12-21(14-24)27-20-10-6-3-7-11-20/h2-13,16H,14-15H2,1H3. The molecule has 4 rings (SSSR count). The molecular weight excluding hydrogens is 372 g/mol. The predicted molar refractivity (Wildman–Crippen MR) is 114 cm³/mol. The highest BCUT2D eigenvalue weighted by molar-refractivity contribution is 8.03. The van der Waals surface area contributed by atoms with E-state index >= 15 is 0 Å². The molecule has 0 fully saturated rings. The minimum atomic E-state index is 0.553. The summed E-state index contributed by atoms with van der Waals surface area (Å²) in [5.74, 6) is 0.858. The van der Waals surface area contributed by atoms with Gasteiger partial charge in [0.15, 0.2) is 5.13 Å². The predicted octanol–water partition coefficient (Wildman–Crippen LogP) is 6.01. The fourth-order valence-corrected chi connectivity index (χ4v) is 4.48. The molecule has 3 nitrogen and oxygen atoms in total. The van der Waals surface area contributed by atoms with Crippen molar-refractivity contribution < 1.29 is 4.74 Å². The monoisotopic (exact) mass is 392 g/mol. The summed E-state index contributed by atoms with van der Waals surface area (Å²) in [5, 5.41) is 3.07. The quantitative estimate of drug-likeness (QED) is 0.513. The molecule has 0 spiro atoms. The molecule has 0 atom stereocenters. The van der Waals surface area contributed by atoms with E-state index in [-0.39, 0.29) is 0 Å². The molecular formula is C22H20N2OS2. The Kier molecular flexibility index (Phi) is 5.61. The Hall–Kier alpha value is -2.50. The summed E-state index contributed by atoms with van der Waals surface area (Å²) in [4.78, 5) is 9.27. The molecule has 0 amide bonds. The first kappa shape index (κ1) is 17.9. The van der Waals surface area contributed by atoms with Crippen molar-refractivity contribution in [2.24, 2.45) is 0 Å². The fraction of sp³-hybridized carbons (Fsp3) is 0.136. The highest BCUT2D eigenvalue weighted by Crippen LogP contribution is 2.33. The molecule has 2 heterocycles. The smallest absolute Gasteiger partial charge is 0.190 e. The van der Waals surface area contributed by atoms with Gasteiger partial charge in [-0.25, -0.2) is 4.98 Å². The molecule has 5 heteroatoms. The third-order valence-corrected chi connectivity index (χ3v) is 6.02. The van der Waals surface area contributed by atoms with Crippen LogP contribution in [0.3, 0.4) is 0 Å². The Morgan fingerprint density at radius 3 is 2.52 bits per heavy atom. The van der Waals surface area contributed by atoms with Gasteiger partial charge in [0, 0.05) is 21.4 Å². The first-order valence-corrected chi connectivity index (χ1v) is 10.5. The summed E-state index contributed by atoms with van der Waals surface area (Å²) >= 11 is 3.43. The number of anilines is 1. The highest BCUT2D eigenvalue weighted by Gasteiger charge is 2.18. The molecule has 2 aromatic carbocycles. The van der Waals surface area contributed by atoms with Crippen molar-refractivity contribution in [1.29, 1.82) is 0 Å². The molecule has 136 valence electrons. The number of thioether (sulfide) groups is 1. The average molecular weight is 393 g/mol. The maximum atomic E-state index is 6.10. The first-order chi connectivity index (χ1) is 13.3. The van der Waals surface area contributed by atoms with Crippen LogP contribution in [0.4, 0.5) is 5.13 Å². The molecule has 0 saturated carbocycles. The number of aromatic nitrogens is 1. The molecule has 1 aliphatic heterocycles. The summed E-state index contributed by atoms with van der Waals surface area (Å²) < 4.78 is 6.10. The molecule has 27 heavy (non-hydrogen) atoms. The van der Waals surface area contributed by atoms with E-state index in [9.17, 15) is 0 Å². The van der Waals surface area contributed by atoms with Crippen molar-refractivity contribution in [2.75, 3.05) is 11.4 Å². The Labute approximate surface area is 168 Å². The molecule has 0 saturated heterocycles. The number of hydrogen-bond acceptors (Lipinski definition) is 5. The van der Waals surface area contributed by atoms with E-state index < -0.39 is 0 Å². The van der Waals surface area contributed by atoms with Gasteiger partial charge in [0.2, 0.25) is 0 Å². The van der Waals surface area contributed by atoms with Crippen LogP contribution < -0.4 is 4.90 Å². The van der Waals surface area contributed by atoms with Gasteiger partial charge in [-0.2, -0.15) is 0 Å². The second kappa shape index (κ2) is 8.46. The van der Waals surface area contributed by atoms with E-state index in [1.165, 1.54) is 9.80 Å². The van der Waals surface area contributed by atoms with Crippen LogP contribution >= 0.6 is 23.1 Å². The number of benzene rings is 2. The second-order valence-electron chi connectivity index (χ2n) is 6.23. The van der Waals surface area contributed by atoms with Gasteiger partial charge in [-0.15, -0.1) is 11.3 Å². The molecule has 0 radical (unpaired) electrons. The SMILES string of the molecule is Cc1csc(N2C=C(OCc3ccccc3)C=C(Sc3ccccc3)C2)n1. The lowest BCUT2D eigenvalue weighted by Gasteiger charge is -2.25. The van der Waals surface area contributed by atoms with Crippen LogP contribution in [0.25, 0.3) is 0 Å². The molecule has 0 unspecified atom stereocenters. The largest absolute Gasteiger partial charge is 0.487 e. The first-order valence-electron chi connectivity index (χ1n) is 8.77. The van der Waals surface area contributed by atoms with Crippen LogP contribution in [0.2, 0.25) is 0 Å². The third-order valence-electron chi connectivity index (χ3n) is 4.01. The van der Waals surface area contributed by atoms with Gasteiger partial charge in [-0.3, -0.25) is 0 Å². The molecule has 3 aromatic rings. The molecule has 0 aliphatic carbocycles. The zero-order chi connectivity index (χ0) is 18.5. The highest BCUT2D eigenvalue weighted by atomic mass is 32.2. The van der Waals surface area contributed by atoms with Gasteiger partial charge in [0.1, 0.15) is 12.4 Å². The number of allylic oxidation sites excluding steroid dienone is 1. The minimum absolute atomic E-state index is 0.553. The summed E-state index contributed by atoms with van der Waals surface area (Å²) in [6.45, 7) is 3.37. The lowest BCUT2D eigenvalue weighted by Crippen LogP contribution is -2.22. The number of nitrogens with zero attached hydrogens (tertiary/aromatic N) is 2. The molecule has 0 N–H and O–H groups in total. The maximum absolute atomic E-state index is 6.10. The number of hydrogen-bond donors (Lipinski definition) is 0. The topological polar surface area (TPSA) is 25.4 Å². The van der Waals surface area contributed by atoms with Crippen LogP contribution in [0, 0.1) is 6.92 Å². The van der Waals surface area contributed by atoms with Crippen LogP contribution in [0.5, 0.6) is 0 Å². The van der Waals surface area contributed by atoms with Crippen molar-refractivity contribution in [3.05, 3.63) is 100 Å². The zero-order valence-electron chi connectivity index (χ0n) is 15.0. The van der Waals surface area contributed by atoms with E-state index in [0.717, 1.165) is 28.7 Å². The fourth-order valence-electron chi connectivity index (χ4n) is 2.73. The van der Waals surface area contributed by atoms with Crippen molar-refractivity contribution in [3.8, 4) is 0 Å². The average Bonchev–Trinajstić information content (AvgIpc) is 3.14. The lowest BCUT2D eigenvalue weighted by molar-refractivity contribution is 0.209. The minimum Gasteiger partial charge on any atom is -0.487 e. The Bertz CT molecular complexity index is 949. The number of thiazole rings is 1. The van der Waals surface area contributed by atoms with E-state index in [1.54, 1.807) is 23.1 Å². The lowest BCUT2D eigenvalue weighted by atomic mass is 10.2. The summed E-state index contributed by atoms with van der Waals surface area (Å²) in [7, 11) is 0. The van der Waals surface area contributed by atoms with E-state index in [0.29, 0.717) is 6.61 Å². The van der Waals surface area contributed by atoms with Gasteiger partial charge in [0.05, 0.1) is 12.2 Å². The van der Waals surface area contributed by atoms with Crippen molar-refractivity contribution in [1.82, 2.24) is 4.98 Å². The van der Waals surface area contributed by atoms with Gasteiger partial charge in [-0.1, -0.05) is 60.3 Å². The summed E-state index contributed by atoms with van der Waals surface area (Å²) in [5.41, 5.74) is 2.20. The van der Waals surface area contributed by atoms with Crippen molar-refractivity contribution in [3.63, 3.8) is 0 Å². The van der Waals surface area contributed by atoms with Gasteiger partial charge >= 0.3 is 0 Å². The maximum Gasteiger partial charge on any atom is 0.190 e. The second-order valence-corrected chi connectivity index (χ2v) is 8.27. The molecule has 0 bridgehead atoms. The van der Waals surface area contributed by atoms with Crippen molar-refractivity contribution >= 4 is 28.2 Å². The number of rotatable bonds is 6. The normalized spacial score (nSPS) is 13.9. The summed E-state index contributed by atoms with van der Waals surface area (Å²) in [6, 6.07) is 20.7. The van der Waals surface area contributed by atoms with E-state index in [4.69, 9.17) is 4.74 Å². The third kappa shape index (κ3) is 4.81. The van der Waals surface area contributed by atoms with Gasteiger partial charge in [0.25, 0.3) is 0 Å². The zero-order valence-corrected chi connectivity index (χ0v) is 16.7.